The maximum Gasteiger partial charge on any atom is 0.433 e. The summed E-state index contributed by atoms with van der Waals surface area (Å²) in [5, 5.41) is 8.93. The highest BCUT2D eigenvalue weighted by Crippen LogP contribution is 2.31. The summed E-state index contributed by atoms with van der Waals surface area (Å²) < 4.78 is 37.2. The van der Waals surface area contributed by atoms with E-state index in [1.165, 1.54) is 24.3 Å². The lowest BCUT2D eigenvalue weighted by atomic mass is 10.1. The van der Waals surface area contributed by atoms with Gasteiger partial charge in [0.25, 0.3) is 0 Å². The van der Waals surface area contributed by atoms with Gasteiger partial charge in [-0.1, -0.05) is 23.7 Å². The molecule has 0 radical (unpaired) electrons. The number of carbonyl (C=O) groups is 1. The minimum atomic E-state index is -4.50. The normalized spacial score (nSPS) is 11.4. The Morgan fingerprint density at radius 3 is 2.35 bits per heavy atom. The van der Waals surface area contributed by atoms with Gasteiger partial charge >= 0.3 is 12.1 Å². The van der Waals surface area contributed by atoms with Gasteiger partial charge in [-0.15, -0.1) is 0 Å². The van der Waals surface area contributed by atoms with Crippen molar-refractivity contribution in [1.82, 2.24) is 4.98 Å². The monoisotopic (exact) mass is 301 g/mol. The first-order chi connectivity index (χ1) is 9.29. The number of aromatic nitrogens is 1. The molecule has 0 amide bonds. The summed E-state index contributed by atoms with van der Waals surface area (Å²) in [5.74, 6) is -1.14. The molecule has 0 fully saturated rings. The molecule has 1 aromatic carbocycles. The molecule has 3 nitrogen and oxygen atoms in total. The number of carboxylic acid groups (broad SMARTS) is 1. The van der Waals surface area contributed by atoms with Gasteiger partial charge in [0.1, 0.15) is 5.69 Å². The second kappa shape index (κ2) is 5.13. The van der Waals surface area contributed by atoms with E-state index in [9.17, 15) is 18.0 Å². The minimum absolute atomic E-state index is 0.00128. The van der Waals surface area contributed by atoms with Crippen LogP contribution in [0.5, 0.6) is 0 Å². The van der Waals surface area contributed by atoms with E-state index in [2.05, 4.69) is 4.98 Å². The molecule has 1 aromatic heterocycles. The summed E-state index contributed by atoms with van der Waals surface area (Å²) in [4.78, 5) is 14.1. The molecule has 2 aromatic rings. The summed E-state index contributed by atoms with van der Waals surface area (Å²) >= 11 is 5.92. The number of hydrogen-bond acceptors (Lipinski definition) is 2. The Bertz CT molecular complexity index is 654. The molecule has 0 atom stereocenters. The molecule has 0 bridgehead atoms. The lowest BCUT2D eigenvalue weighted by molar-refractivity contribution is -0.141. The van der Waals surface area contributed by atoms with Gasteiger partial charge < -0.3 is 5.11 Å². The van der Waals surface area contributed by atoms with Crippen LogP contribution in [0.2, 0.25) is 5.02 Å². The number of aromatic carboxylic acids is 1. The van der Waals surface area contributed by atoms with Crippen molar-refractivity contribution in [2.24, 2.45) is 0 Å². The van der Waals surface area contributed by atoms with Crippen LogP contribution in [0, 0.1) is 0 Å². The van der Waals surface area contributed by atoms with Gasteiger partial charge in [0.05, 0.1) is 5.56 Å². The van der Waals surface area contributed by atoms with Crippen LogP contribution in [0.25, 0.3) is 11.1 Å². The zero-order valence-corrected chi connectivity index (χ0v) is 10.5. The molecule has 104 valence electrons. The molecule has 0 aliphatic carbocycles. The SMILES string of the molecule is O=C(O)c1ccc(-c2ccc(C(F)(F)F)nc2)c(Cl)c1. The molecule has 0 saturated heterocycles. The predicted octanol–water partition coefficient (Wildman–Crippen LogP) is 4.12. The van der Waals surface area contributed by atoms with E-state index in [0.717, 1.165) is 12.3 Å². The van der Waals surface area contributed by atoms with E-state index in [1.807, 2.05) is 0 Å². The smallest absolute Gasteiger partial charge is 0.433 e. The van der Waals surface area contributed by atoms with Gasteiger partial charge in [0, 0.05) is 22.3 Å². The van der Waals surface area contributed by atoms with Gasteiger partial charge in [-0.05, 0) is 18.2 Å². The first-order valence-electron chi connectivity index (χ1n) is 5.35. The van der Waals surface area contributed by atoms with Gasteiger partial charge in [0.15, 0.2) is 0 Å². The lowest BCUT2D eigenvalue weighted by Crippen LogP contribution is -2.07. The second-order valence-corrected chi connectivity index (χ2v) is 4.34. The van der Waals surface area contributed by atoms with Crippen LogP contribution in [0.3, 0.4) is 0 Å². The molecule has 0 aliphatic rings. The van der Waals surface area contributed by atoms with Gasteiger partial charge in [-0.25, -0.2) is 4.79 Å². The number of nitrogens with zero attached hydrogens (tertiary/aromatic N) is 1. The first kappa shape index (κ1) is 14.3. The molecule has 7 heteroatoms. The molecule has 1 heterocycles. The molecule has 1 N–H and O–H groups in total. The number of alkyl halides is 3. The van der Waals surface area contributed by atoms with Crippen molar-refractivity contribution in [2.45, 2.75) is 6.18 Å². The standard InChI is InChI=1S/C13H7ClF3NO2/c14-10-5-7(12(19)20)1-3-9(10)8-2-4-11(18-6-8)13(15,16)17/h1-6H,(H,19,20). The van der Waals surface area contributed by atoms with Crippen LogP contribution in [0.1, 0.15) is 16.1 Å². The lowest BCUT2D eigenvalue weighted by Gasteiger charge is -2.08. The van der Waals surface area contributed by atoms with Crippen molar-refractivity contribution in [1.29, 1.82) is 0 Å². The molecule has 0 aliphatic heterocycles. The third kappa shape index (κ3) is 2.91. The Hall–Kier alpha value is -2.08. The second-order valence-electron chi connectivity index (χ2n) is 3.93. The average molecular weight is 302 g/mol. The Morgan fingerprint density at radius 1 is 1.20 bits per heavy atom. The van der Waals surface area contributed by atoms with Crippen LogP contribution in [0.15, 0.2) is 36.5 Å². The highest BCUT2D eigenvalue weighted by Gasteiger charge is 2.32. The van der Waals surface area contributed by atoms with E-state index >= 15 is 0 Å². The molecule has 0 saturated carbocycles. The molecular weight excluding hydrogens is 295 g/mol. The van der Waals surface area contributed by atoms with E-state index in [0.29, 0.717) is 11.1 Å². The fraction of sp³-hybridized carbons (Fsp3) is 0.0769. The maximum absolute atomic E-state index is 12.4. The maximum atomic E-state index is 12.4. The molecule has 20 heavy (non-hydrogen) atoms. The summed E-state index contributed by atoms with van der Waals surface area (Å²) in [5.41, 5.74) is -0.212. The Labute approximate surface area is 116 Å². The van der Waals surface area contributed by atoms with Crippen molar-refractivity contribution < 1.29 is 23.1 Å². The zero-order valence-electron chi connectivity index (χ0n) is 9.78. The van der Waals surface area contributed by atoms with Crippen molar-refractivity contribution in [3.63, 3.8) is 0 Å². The number of rotatable bonds is 2. The number of carboxylic acids is 1. The summed E-state index contributed by atoms with van der Waals surface area (Å²) in [6.45, 7) is 0. The number of halogens is 4. The Balaban J connectivity index is 2.40. The molecule has 2 rings (SSSR count). The zero-order chi connectivity index (χ0) is 14.9. The summed E-state index contributed by atoms with van der Waals surface area (Å²) in [7, 11) is 0. The van der Waals surface area contributed by atoms with Crippen molar-refractivity contribution >= 4 is 17.6 Å². The third-order valence-electron chi connectivity index (χ3n) is 2.58. The average Bonchev–Trinajstić information content (AvgIpc) is 2.37. The predicted molar refractivity (Wildman–Crippen MR) is 66.6 cm³/mol. The van der Waals surface area contributed by atoms with Crippen LogP contribution in [-0.2, 0) is 6.18 Å². The molecule has 0 spiro atoms. The third-order valence-corrected chi connectivity index (χ3v) is 2.89. The molecular formula is C13H7ClF3NO2. The Kier molecular flexibility index (Phi) is 3.67. The topological polar surface area (TPSA) is 50.2 Å². The van der Waals surface area contributed by atoms with Crippen LogP contribution >= 0.6 is 11.6 Å². The largest absolute Gasteiger partial charge is 0.478 e. The highest BCUT2D eigenvalue weighted by atomic mass is 35.5. The number of benzene rings is 1. The van der Waals surface area contributed by atoms with Crippen LogP contribution in [0.4, 0.5) is 13.2 Å². The van der Waals surface area contributed by atoms with E-state index < -0.39 is 17.8 Å². The van der Waals surface area contributed by atoms with E-state index in [-0.39, 0.29) is 10.6 Å². The minimum Gasteiger partial charge on any atom is -0.478 e. The number of hydrogen-bond donors (Lipinski definition) is 1. The summed E-state index contributed by atoms with van der Waals surface area (Å²) in [6.07, 6.45) is -3.46. The van der Waals surface area contributed by atoms with Gasteiger partial charge in [-0.2, -0.15) is 13.2 Å². The van der Waals surface area contributed by atoms with Crippen LogP contribution in [-0.4, -0.2) is 16.1 Å². The van der Waals surface area contributed by atoms with Gasteiger partial charge in [0.2, 0.25) is 0 Å². The Morgan fingerprint density at radius 2 is 1.90 bits per heavy atom. The van der Waals surface area contributed by atoms with Gasteiger partial charge in [-0.3, -0.25) is 4.98 Å². The van der Waals surface area contributed by atoms with Crippen molar-refractivity contribution in [3.05, 3.63) is 52.8 Å². The number of pyridine rings is 1. The van der Waals surface area contributed by atoms with Crippen molar-refractivity contribution in [2.75, 3.05) is 0 Å². The molecule has 0 unspecified atom stereocenters. The first-order valence-corrected chi connectivity index (χ1v) is 5.73. The fourth-order valence-electron chi connectivity index (χ4n) is 1.60. The highest BCUT2D eigenvalue weighted by molar-refractivity contribution is 6.33. The quantitative estimate of drug-likeness (QED) is 0.907. The summed E-state index contributed by atoms with van der Waals surface area (Å²) in [6, 6.07) is 6.06. The fourth-order valence-corrected chi connectivity index (χ4v) is 1.89. The van der Waals surface area contributed by atoms with E-state index in [4.69, 9.17) is 16.7 Å². The van der Waals surface area contributed by atoms with Crippen LogP contribution < -0.4 is 0 Å². The van der Waals surface area contributed by atoms with E-state index in [1.54, 1.807) is 0 Å². The van der Waals surface area contributed by atoms with Crippen molar-refractivity contribution in [3.8, 4) is 11.1 Å².